The zero-order valence-corrected chi connectivity index (χ0v) is 11.3. The second-order valence-corrected chi connectivity index (χ2v) is 6.99. The Morgan fingerprint density at radius 3 is 2.20 bits per heavy atom. The predicted octanol–water partition coefficient (Wildman–Crippen LogP) is 1.07. The van der Waals surface area contributed by atoms with E-state index in [0.29, 0.717) is 6.54 Å². The summed E-state index contributed by atoms with van der Waals surface area (Å²) in [6.45, 7) is 10.3. The summed E-state index contributed by atoms with van der Waals surface area (Å²) in [6, 6.07) is 1.05. The Morgan fingerprint density at radius 2 is 1.73 bits per heavy atom. The van der Waals surface area contributed by atoms with Gasteiger partial charge in [-0.3, -0.25) is 0 Å². The van der Waals surface area contributed by atoms with E-state index < -0.39 is 8.56 Å². The van der Waals surface area contributed by atoms with Gasteiger partial charge in [-0.2, -0.15) is 0 Å². The fourth-order valence-corrected chi connectivity index (χ4v) is 3.97. The molecule has 3 N–H and O–H groups in total. The Bertz CT molecular complexity index is 141. The van der Waals surface area contributed by atoms with E-state index in [4.69, 9.17) is 14.6 Å². The third-order valence-electron chi connectivity index (χ3n) is 2.20. The van der Waals surface area contributed by atoms with Gasteiger partial charge in [0.05, 0.1) is 0 Å². The van der Waals surface area contributed by atoms with E-state index in [1.807, 2.05) is 13.8 Å². The van der Waals surface area contributed by atoms with E-state index in [2.05, 4.69) is 11.9 Å². The monoisotopic (exact) mass is 234 g/mol. The fraction of sp³-hybridized carbons (Fsp3) is 1.00. The molecule has 15 heavy (non-hydrogen) atoms. The molecule has 0 aromatic heterocycles. The first-order valence-corrected chi connectivity index (χ1v) is 8.39. The van der Waals surface area contributed by atoms with Gasteiger partial charge in [-0.1, -0.05) is 0 Å². The van der Waals surface area contributed by atoms with E-state index in [9.17, 15) is 0 Å². The van der Waals surface area contributed by atoms with Crippen molar-refractivity contribution in [2.24, 2.45) is 5.73 Å². The van der Waals surface area contributed by atoms with Crippen molar-refractivity contribution in [3.8, 4) is 0 Å². The molecule has 0 aromatic rings. The van der Waals surface area contributed by atoms with Gasteiger partial charge in [0.2, 0.25) is 0 Å². The molecule has 0 amide bonds. The van der Waals surface area contributed by atoms with E-state index in [0.717, 1.165) is 38.8 Å². The quantitative estimate of drug-likeness (QED) is 0.438. The van der Waals surface area contributed by atoms with Crippen molar-refractivity contribution in [2.45, 2.75) is 32.9 Å². The molecule has 4 nitrogen and oxygen atoms in total. The Morgan fingerprint density at radius 1 is 1.13 bits per heavy atom. The molecule has 0 heterocycles. The van der Waals surface area contributed by atoms with Crippen LogP contribution in [-0.4, -0.2) is 41.4 Å². The van der Waals surface area contributed by atoms with Gasteiger partial charge >= 0.3 is 8.56 Å². The minimum absolute atomic E-state index is 0.700. The molecule has 92 valence electrons. The molecule has 0 spiro atoms. The topological polar surface area (TPSA) is 56.5 Å². The fourth-order valence-electron chi connectivity index (χ4n) is 1.56. The smallest absolute Gasteiger partial charge is 0.334 e. The predicted molar refractivity (Wildman–Crippen MR) is 66.2 cm³/mol. The van der Waals surface area contributed by atoms with Crippen LogP contribution >= 0.6 is 0 Å². The highest BCUT2D eigenvalue weighted by molar-refractivity contribution is 6.66. The van der Waals surface area contributed by atoms with E-state index in [-0.39, 0.29) is 0 Å². The van der Waals surface area contributed by atoms with Gasteiger partial charge < -0.3 is 19.9 Å². The molecule has 0 aliphatic carbocycles. The van der Waals surface area contributed by atoms with E-state index in [1.54, 1.807) is 0 Å². The lowest BCUT2D eigenvalue weighted by molar-refractivity contribution is 0.188. The molecule has 0 rings (SSSR count). The van der Waals surface area contributed by atoms with Crippen LogP contribution in [0.4, 0.5) is 0 Å². The average Bonchev–Trinajstić information content (AvgIpc) is 2.18. The minimum Gasteiger partial charge on any atom is -0.395 e. The average molecular weight is 234 g/mol. The first-order valence-electron chi connectivity index (χ1n) is 5.87. The summed E-state index contributed by atoms with van der Waals surface area (Å²) in [5.41, 5.74) is 5.39. The van der Waals surface area contributed by atoms with Gasteiger partial charge in [0.1, 0.15) is 0 Å². The molecule has 0 atom stereocenters. The second-order valence-electron chi connectivity index (χ2n) is 3.64. The molecule has 0 fully saturated rings. The summed E-state index contributed by atoms with van der Waals surface area (Å²) in [5.74, 6) is 0. The maximum Gasteiger partial charge on any atom is 0.334 e. The number of nitrogens with two attached hydrogens (primary N) is 1. The lowest BCUT2D eigenvalue weighted by atomic mass is 10.5. The number of rotatable bonds is 10. The highest BCUT2D eigenvalue weighted by Gasteiger charge is 2.29. The summed E-state index contributed by atoms with van der Waals surface area (Å²) in [4.78, 5) is 0. The van der Waals surface area contributed by atoms with Crippen molar-refractivity contribution in [3.05, 3.63) is 0 Å². The zero-order chi connectivity index (χ0) is 11.6. The van der Waals surface area contributed by atoms with Gasteiger partial charge in [-0.05, 0) is 39.4 Å². The number of hydrogen-bond donors (Lipinski definition) is 2. The van der Waals surface area contributed by atoms with Gasteiger partial charge in [0.25, 0.3) is 0 Å². The van der Waals surface area contributed by atoms with Crippen molar-refractivity contribution in [2.75, 3.05) is 32.8 Å². The summed E-state index contributed by atoms with van der Waals surface area (Å²) >= 11 is 0. The van der Waals surface area contributed by atoms with Crippen LogP contribution in [0, 0.1) is 0 Å². The maximum absolute atomic E-state index is 5.74. The molecular weight excluding hydrogens is 208 g/mol. The van der Waals surface area contributed by atoms with Crippen molar-refractivity contribution < 1.29 is 8.85 Å². The second kappa shape index (κ2) is 9.29. The lowest BCUT2D eigenvalue weighted by Crippen LogP contribution is -2.39. The van der Waals surface area contributed by atoms with Crippen LogP contribution in [0.3, 0.4) is 0 Å². The van der Waals surface area contributed by atoms with E-state index >= 15 is 0 Å². The van der Waals surface area contributed by atoms with Gasteiger partial charge in [-0.25, -0.2) is 0 Å². The molecule has 0 radical (unpaired) electrons. The molecular formula is C10H26N2O2Si. The normalized spacial score (nSPS) is 12.0. The summed E-state index contributed by atoms with van der Waals surface area (Å²) in [7, 11) is -1.88. The molecule has 0 aliphatic rings. The Labute approximate surface area is 94.8 Å². The van der Waals surface area contributed by atoms with Crippen LogP contribution in [0.1, 0.15) is 20.3 Å². The first kappa shape index (κ1) is 15.1. The first-order chi connectivity index (χ1) is 7.18. The third kappa shape index (κ3) is 7.93. The third-order valence-corrected chi connectivity index (χ3v) is 5.27. The molecule has 0 saturated heterocycles. The van der Waals surface area contributed by atoms with Crippen LogP contribution in [0.15, 0.2) is 0 Å². The molecule has 0 unspecified atom stereocenters. The number of nitrogens with one attached hydrogen (secondary N) is 1. The molecule has 0 bridgehead atoms. The van der Waals surface area contributed by atoms with Crippen molar-refractivity contribution >= 4 is 8.56 Å². The van der Waals surface area contributed by atoms with Crippen molar-refractivity contribution in [1.29, 1.82) is 0 Å². The highest BCUT2D eigenvalue weighted by Crippen LogP contribution is 2.15. The van der Waals surface area contributed by atoms with Gasteiger partial charge in [0, 0.05) is 26.3 Å². The Hall–Kier alpha value is 0.0569. The number of hydrogen-bond acceptors (Lipinski definition) is 4. The summed E-state index contributed by atoms with van der Waals surface area (Å²) in [6.07, 6.45) is 1.10. The van der Waals surface area contributed by atoms with E-state index in [1.165, 1.54) is 0 Å². The van der Waals surface area contributed by atoms with Gasteiger partial charge in [0.15, 0.2) is 0 Å². The highest BCUT2D eigenvalue weighted by atomic mass is 28.4. The minimum atomic E-state index is -1.88. The van der Waals surface area contributed by atoms with Crippen molar-refractivity contribution in [1.82, 2.24) is 5.32 Å². The summed E-state index contributed by atoms with van der Waals surface area (Å²) in [5, 5.41) is 3.28. The molecule has 5 heteroatoms. The maximum atomic E-state index is 5.74. The Kier molecular flexibility index (Phi) is 9.33. The van der Waals surface area contributed by atoms with Crippen LogP contribution in [0.2, 0.25) is 12.6 Å². The SMILES string of the molecule is CCO[Si](C)(CCCNCCN)OCC. The molecule has 0 aliphatic heterocycles. The van der Waals surface area contributed by atoms with Crippen LogP contribution in [-0.2, 0) is 8.85 Å². The van der Waals surface area contributed by atoms with Crippen molar-refractivity contribution in [3.63, 3.8) is 0 Å². The molecule has 0 saturated carbocycles. The molecule has 0 aromatic carbocycles. The van der Waals surface area contributed by atoms with Crippen LogP contribution in [0.5, 0.6) is 0 Å². The summed E-state index contributed by atoms with van der Waals surface area (Å²) < 4.78 is 11.5. The standard InChI is InChI=1S/C10H26N2O2Si/c1-4-13-15(3,14-5-2)10-6-8-12-9-7-11/h12H,4-11H2,1-3H3. The largest absolute Gasteiger partial charge is 0.395 e. The lowest BCUT2D eigenvalue weighted by Gasteiger charge is -2.25. The van der Waals surface area contributed by atoms with Crippen LogP contribution in [0.25, 0.3) is 0 Å². The van der Waals surface area contributed by atoms with Gasteiger partial charge in [-0.15, -0.1) is 0 Å². The zero-order valence-electron chi connectivity index (χ0n) is 10.3. The Balaban J connectivity index is 3.65. The van der Waals surface area contributed by atoms with Crippen LogP contribution < -0.4 is 11.1 Å².